The van der Waals surface area contributed by atoms with Gasteiger partial charge in [0.2, 0.25) is 0 Å². The van der Waals surface area contributed by atoms with Crippen LogP contribution in [0.2, 0.25) is 0 Å². The van der Waals surface area contributed by atoms with Crippen LogP contribution in [0.25, 0.3) is 0 Å². The molecular formula is C24H28N2O5. The molecule has 0 aromatic heterocycles. The van der Waals surface area contributed by atoms with Gasteiger partial charge in [-0.3, -0.25) is 4.90 Å². The maximum absolute atomic E-state index is 13.0. The summed E-state index contributed by atoms with van der Waals surface area (Å²) in [5.74, 6) is 0.664. The van der Waals surface area contributed by atoms with Crippen LogP contribution in [-0.2, 0) is 16.1 Å². The molecule has 0 radical (unpaired) electrons. The maximum Gasteiger partial charge on any atom is 0.338 e. The molecule has 164 valence electrons. The van der Waals surface area contributed by atoms with Gasteiger partial charge in [0.25, 0.3) is 0 Å². The highest BCUT2D eigenvalue weighted by atomic mass is 16.5. The molecule has 7 nitrogen and oxygen atoms in total. The largest absolute Gasteiger partial charge is 0.493 e. The molecule has 2 aromatic rings. The Bertz CT molecular complexity index is 971. The van der Waals surface area contributed by atoms with Crippen molar-refractivity contribution in [2.45, 2.75) is 33.4 Å². The number of hydrogen-bond donors (Lipinski definition) is 1. The molecule has 2 amide bonds. The van der Waals surface area contributed by atoms with Crippen molar-refractivity contribution in [3.63, 3.8) is 0 Å². The fourth-order valence-corrected chi connectivity index (χ4v) is 3.60. The van der Waals surface area contributed by atoms with Crippen molar-refractivity contribution >= 4 is 12.0 Å². The van der Waals surface area contributed by atoms with Crippen LogP contribution in [0.3, 0.4) is 0 Å². The van der Waals surface area contributed by atoms with Crippen molar-refractivity contribution in [1.82, 2.24) is 10.2 Å². The van der Waals surface area contributed by atoms with E-state index in [1.165, 1.54) is 0 Å². The topological polar surface area (TPSA) is 77.1 Å². The minimum atomic E-state index is -0.664. The molecule has 0 aliphatic carbocycles. The first-order chi connectivity index (χ1) is 15.0. The van der Waals surface area contributed by atoms with Crippen molar-refractivity contribution < 1.29 is 23.8 Å². The van der Waals surface area contributed by atoms with E-state index < -0.39 is 12.0 Å². The van der Waals surface area contributed by atoms with E-state index in [1.807, 2.05) is 43.3 Å². The van der Waals surface area contributed by atoms with Gasteiger partial charge in [-0.25, -0.2) is 9.59 Å². The number of rotatable bonds is 8. The fourth-order valence-electron chi connectivity index (χ4n) is 3.60. The normalized spacial score (nSPS) is 16.1. The number of benzene rings is 2. The van der Waals surface area contributed by atoms with Crippen molar-refractivity contribution in [2.75, 3.05) is 20.3 Å². The van der Waals surface area contributed by atoms with Crippen molar-refractivity contribution in [3.05, 3.63) is 70.9 Å². The monoisotopic (exact) mass is 424 g/mol. The first kappa shape index (κ1) is 22.2. The second-order valence-electron chi connectivity index (χ2n) is 7.02. The highest BCUT2D eigenvalue weighted by molar-refractivity contribution is 5.95. The van der Waals surface area contributed by atoms with Gasteiger partial charge in [0.05, 0.1) is 38.5 Å². The van der Waals surface area contributed by atoms with Gasteiger partial charge < -0.3 is 19.5 Å². The molecule has 1 atom stereocenters. The number of allylic oxidation sites excluding steroid dienone is 1. The molecule has 0 fully saturated rings. The predicted octanol–water partition coefficient (Wildman–Crippen LogP) is 4.20. The number of carbonyl (C=O) groups excluding carboxylic acids is 2. The summed E-state index contributed by atoms with van der Waals surface area (Å²) in [7, 11) is 1.55. The van der Waals surface area contributed by atoms with Gasteiger partial charge in [-0.15, -0.1) is 0 Å². The lowest BCUT2D eigenvalue weighted by atomic mass is 9.94. The predicted molar refractivity (Wildman–Crippen MR) is 117 cm³/mol. The quantitative estimate of drug-likeness (QED) is 0.643. The second-order valence-corrected chi connectivity index (χ2v) is 7.02. The Kier molecular flexibility index (Phi) is 7.18. The summed E-state index contributed by atoms with van der Waals surface area (Å²) >= 11 is 0. The van der Waals surface area contributed by atoms with Gasteiger partial charge in [0.15, 0.2) is 11.5 Å². The smallest absolute Gasteiger partial charge is 0.338 e. The molecule has 7 heteroatoms. The second kappa shape index (κ2) is 10.0. The number of amides is 2. The van der Waals surface area contributed by atoms with Crippen molar-refractivity contribution in [3.8, 4) is 11.5 Å². The Balaban J connectivity index is 2.04. The van der Waals surface area contributed by atoms with E-state index in [2.05, 4.69) is 5.32 Å². The Labute approximate surface area is 182 Å². The Hall–Kier alpha value is -3.48. The Morgan fingerprint density at radius 3 is 2.45 bits per heavy atom. The van der Waals surface area contributed by atoms with Crippen LogP contribution in [0.4, 0.5) is 4.79 Å². The molecular weight excluding hydrogens is 396 g/mol. The van der Waals surface area contributed by atoms with E-state index in [4.69, 9.17) is 14.2 Å². The maximum atomic E-state index is 13.0. The average Bonchev–Trinajstić information content (AvgIpc) is 2.77. The zero-order chi connectivity index (χ0) is 22.4. The van der Waals surface area contributed by atoms with Gasteiger partial charge in [-0.05, 0) is 44.0 Å². The zero-order valence-electron chi connectivity index (χ0n) is 18.3. The number of methoxy groups -OCH3 is 1. The first-order valence-electron chi connectivity index (χ1n) is 10.3. The molecule has 0 spiro atoms. The van der Waals surface area contributed by atoms with E-state index in [0.29, 0.717) is 41.5 Å². The molecule has 3 rings (SSSR count). The average molecular weight is 424 g/mol. The molecule has 0 saturated heterocycles. The molecule has 1 unspecified atom stereocenters. The molecule has 2 aromatic carbocycles. The van der Waals surface area contributed by atoms with Crippen molar-refractivity contribution in [2.24, 2.45) is 0 Å². The van der Waals surface area contributed by atoms with Crippen LogP contribution >= 0.6 is 0 Å². The minimum absolute atomic E-state index is 0.238. The van der Waals surface area contributed by atoms with E-state index in [0.717, 1.165) is 5.56 Å². The van der Waals surface area contributed by atoms with E-state index >= 15 is 0 Å². The van der Waals surface area contributed by atoms with Gasteiger partial charge in [-0.2, -0.15) is 0 Å². The lowest BCUT2D eigenvalue weighted by Gasteiger charge is -2.35. The first-order valence-corrected chi connectivity index (χ1v) is 10.3. The Morgan fingerprint density at radius 1 is 1.06 bits per heavy atom. The number of urea groups is 1. The summed E-state index contributed by atoms with van der Waals surface area (Å²) < 4.78 is 16.4. The van der Waals surface area contributed by atoms with Gasteiger partial charge >= 0.3 is 12.0 Å². The third kappa shape index (κ3) is 4.82. The van der Waals surface area contributed by atoms with Crippen LogP contribution in [-0.4, -0.2) is 37.2 Å². The number of nitrogens with zero attached hydrogens (tertiary/aromatic N) is 1. The van der Waals surface area contributed by atoms with E-state index in [1.54, 1.807) is 38.0 Å². The van der Waals surface area contributed by atoms with E-state index in [-0.39, 0.29) is 12.6 Å². The number of esters is 1. The van der Waals surface area contributed by atoms with Crippen LogP contribution < -0.4 is 14.8 Å². The molecule has 0 bridgehead atoms. The summed E-state index contributed by atoms with van der Waals surface area (Å²) in [6, 6.07) is 14.0. The van der Waals surface area contributed by atoms with Crippen LogP contribution in [0, 0.1) is 0 Å². The van der Waals surface area contributed by atoms with Crippen molar-refractivity contribution in [1.29, 1.82) is 0 Å². The molecule has 1 N–H and O–H groups in total. The number of ether oxygens (including phenoxy) is 3. The molecule has 1 aliphatic rings. The minimum Gasteiger partial charge on any atom is -0.493 e. The lowest BCUT2D eigenvalue weighted by molar-refractivity contribution is -0.139. The van der Waals surface area contributed by atoms with Crippen LogP contribution in [0.15, 0.2) is 59.8 Å². The summed E-state index contributed by atoms with van der Waals surface area (Å²) in [5, 5.41) is 2.96. The van der Waals surface area contributed by atoms with Crippen LogP contribution in [0.1, 0.15) is 37.9 Å². The highest BCUT2D eigenvalue weighted by Gasteiger charge is 2.36. The number of nitrogens with one attached hydrogen (secondary N) is 1. The number of hydrogen-bond acceptors (Lipinski definition) is 5. The molecule has 31 heavy (non-hydrogen) atoms. The van der Waals surface area contributed by atoms with Crippen LogP contribution in [0.5, 0.6) is 11.5 Å². The zero-order valence-corrected chi connectivity index (χ0v) is 18.3. The third-order valence-corrected chi connectivity index (χ3v) is 5.10. The highest BCUT2D eigenvalue weighted by Crippen LogP contribution is 2.36. The SMILES string of the molecule is CCOC(=O)C1=C(C)N(Cc2ccccc2)C(=O)NC1c1ccc(OCC)c(OC)c1. The molecule has 1 heterocycles. The van der Waals surface area contributed by atoms with Gasteiger partial charge in [0.1, 0.15) is 0 Å². The lowest BCUT2D eigenvalue weighted by Crippen LogP contribution is -2.47. The molecule has 1 aliphatic heterocycles. The standard InChI is InChI=1S/C24H28N2O5/c1-5-30-19-13-12-18(14-20(19)29-4)22-21(23(27)31-6-2)16(3)26(24(28)25-22)15-17-10-8-7-9-11-17/h7-14,22H,5-6,15H2,1-4H3,(H,25,28). The Morgan fingerprint density at radius 2 is 1.81 bits per heavy atom. The van der Waals surface area contributed by atoms with Gasteiger partial charge in [0, 0.05) is 5.70 Å². The third-order valence-electron chi connectivity index (χ3n) is 5.10. The van der Waals surface area contributed by atoms with Gasteiger partial charge in [-0.1, -0.05) is 36.4 Å². The fraction of sp³-hybridized carbons (Fsp3) is 0.333. The summed E-state index contributed by atoms with van der Waals surface area (Å²) in [6.07, 6.45) is 0. The summed E-state index contributed by atoms with van der Waals surface area (Å²) in [4.78, 5) is 27.5. The molecule has 0 saturated carbocycles. The van der Waals surface area contributed by atoms with E-state index in [9.17, 15) is 9.59 Å². The number of carbonyl (C=O) groups is 2. The summed E-state index contributed by atoms with van der Waals surface area (Å²) in [5.41, 5.74) is 2.62. The summed E-state index contributed by atoms with van der Waals surface area (Å²) in [6.45, 7) is 6.50.